The number of hydrogen-bond acceptors (Lipinski definition) is 5. The van der Waals surface area contributed by atoms with Gasteiger partial charge in [-0.05, 0) is 12.5 Å². The van der Waals surface area contributed by atoms with Crippen LogP contribution in [0, 0.1) is 0 Å². The van der Waals surface area contributed by atoms with Crippen LogP contribution < -0.4 is 10.6 Å². The zero-order valence-electron chi connectivity index (χ0n) is 10.2. The van der Waals surface area contributed by atoms with Gasteiger partial charge in [0.15, 0.2) is 0 Å². The van der Waals surface area contributed by atoms with Crippen molar-refractivity contribution in [3.8, 4) is 0 Å². The van der Waals surface area contributed by atoms with Gasteiger partial charge in [0.25, 0.3) is 0 Å². The highest BCUT2D eigenvalue weighted by molar-refractivity contribution is 7.13. The molecule has 19 heavy (non-hydrogen) atoms. The molecule has 2 rings (SSSR count). The molecule has 1 aromatic heterocycles. The molecule has 1 unspecified atom stereocenters. The lowest BCUT2D eigenvalue weighted by Crippen LogP contribution is -2.36. The van der Waals surface area contributed by atoms with Crippen molar-refractivity contribution >= 4 is 28.3 Å². The van der Waals surface area contributed by atoms with Gasteiger partial charge in [0.05, 0.1) is 6.04 Å². The largest absolute Gasteiger partial charge is 0.341 e. The molecule has 2 amide bonds. The predicted octanol–water partition coefficient (Wildman–Crippen LogP) is 1.35. The van der Waals surface area contributed by atoms with E-state index in [4.69, 9.17) is 0 Å². The number of nitrogens with zero attached hydrogens (tertiary/aromatic N) is 2. The van der Waals surface area contributed by atoms with E-state index in [1.54, 1.807) is 0 Å². The molecule has 0 bridgehead atoms. The summed E-state index contributed by atoms with van der Waals surface area (Å²) in [6.45, 7) is 1.81. The van der Waals surface area contributed by atoms with Crippen LogP contribution in [0.3, 0.4) is 0 Å². The number of rotatable bonds is 3. The first-order chi connectivity index (χ1) is 9.16. The number of carbonyl (C=O) groups is 2. The van der Waals surface area contributed by atoms with Gasteiger partial charge in [-0.2, -0.15) is 0 Å². The van der Waals surface area contributed by atoms with Gasteiger partial charge < -0.3 is 5.32 Å². The van der Waals surface area contributed by atoms with Crippen LogP contribution in [0.1, 0.15) is 18.5 Å². The Labute approximate surface area is 113 Å². The molecule has 2 aromatic rings. The molecule has 0 radical (unpaired) electrons. The highest BCUT2D eigenvalue weighted by atomic mass is 32.1. The number of anilines is 1. The van der Waals surface area contributed by atoms with Crippen LogP contribution in [0.5, 0.6) is 0 Å². The van der Waals surface area contributed by atoms with Crippen LogP contribution in [0.15, 0.2) is 35.8 Å². The summed E-state index contributed by atoms with van der Waals surface area (Å²) in [5.74, 6) is -1.45. The topological polar surface area (TPSA) is 84.0 Å². The molecule has 1 heterocycles. The summed E-state index contributed by atoms with van der Waals surface area (Å²) in [5, 5.41) is 12.5. The zero-order chi connectivity index (χ0) is 13.7. The first kappa shape index (κ1) is 13.2. The SMILES string of the molecule is CC(NC(=O)C(=O)Nc1nncs1)c1ccccc1. The molecule has 0 saturated heterocycles. The van der Waals surface area contributed by atoms with Gasteiger partial charge in [0.2, 0.25) is 5.13 Å². The molecular formula is C12H12N4O2S. The van der Waals surface area contributed by atoms with Crippen LogP contribution in [0.4, 0.5) is 5.13 Å². The van der Waals surface area contributed by atoms with E-state index in [-0.39, 0.29) is 6.04 Å². The Hall–Kier alpha value is -2.28. The minimum absolute atomic E-state index is 0.242. The zero-order valence-corrected chi connectivity index (χ0v) is 11.0. The van der Waals surface area contributed by atoms with Gasteiger partial charge in [-0.25, -0.2) is 0 Å². The molecule has 2 N–H and O–H groups in total. The van der Waals surface area contributed by atoms with Gasteiger partial charge in [-0.1, -0.05) is 41.7 Å². The number of benzene rings is 1. The third-order valence-corrected chi connectivity index (χ3v) is 3.04. The lowest BCUT2D eigenvalue weighted by molar-refractivity contribution is -0.136. The summed E-state index contributed by atoms with van der Waals surface area (Å²) in [6.07, 6.45) is 0. The van der Waals surface area contributed by atoms with Gasteiger partial charge in [0, 0.05) is 0 Å². The minimum atomic E-state index is -0.750. The Kier molecular flexibility index (Phi) is 4.19. The molecule has 1 atom stereocenters. The van der Waals surface area contributed by atoms with E-state index in [0.29, 0.717) is 5.13 Å². The molecule has 1 aromatic carbocycles. The predicted molar refractivity (Wildman–Crippen MR) is 71.5 cm³/mol. The first-order valence-corrected chi connectivity index (χ1v) is 6.47. The highest BCUT2D eigenvalue weighted by Gasteiger charge is 2.17. The molecule has 0 fully saturated rings. The average Bonchev–Trinajstić information content (AvgIpc) is 2.92. The number of carbonyl (C=O) groups excluding carboxylic acids is 2. The van der Waals surface area contributed by atoms with E-state index in [2.05, 4.69) is 20.8 Å². The quantitative estimate of drug-likeness (QED) is 0.829. The lowest BCUT2D eigenvalue weighted by Gasteiger charge is -2.13. The molecule has 0 spiro atoms. The van der Waals surface area contributed by atoms with Crippen LogP contribution in [-0.4, -0.2) is 22.0 Å². The second-order valence-electron chi connectivity index (χ2n) is 3.80. The smallest absolute Gasteiger partial charge is 0.315 e. The second-order valence-corrected chi connectivity index (χ2v) is 4.64. The van der Waals surface area contributed by atoms with Crippen molar-refractivity contribution in [1.82, 2.24) is 15.5 Å². The fourth-order valence-corrected chi connectivity index (χ4v) is 1.91. The van der Waals surface area contributed by atoms with Crippen molar-refractivity contribution in [2.45, 2.75) is 13.0 Å². The van der Waals surface area contributed by atoms with Gasteiger partial charge in [-0.3, -0.25) is 14.9 Å². The van der Waals surface area contributed by atoms with E-state index < -0.39 is 11.8 Å². The van der Waals surface area contributed by atoms with Gasteiger partial charge >= 0.3 is 11.8 Å². The van der Waals surface area contributed by atoms with Crippen LogP contribution >= 0.6 is 11.3 Å². The number of nitrogens with one attached hydrogen (secondary N) is 2. The van der Waals surface area contributed by atoms with Crippen molar-refractivity contribution in [1.29, 1.82) is 0 Å². The monoisotopic (exact) mass is 276 g/mol. The molecular weight excluding hydrogens is 264 g/mol. The van der Waals surface area contributed by atoms with E-state index in [1.807, 2.05) is 37.3 Å². The third kappa shape index (κ3) is 3.59. The Balaban J connectivity index is 1.92. The highest BCUT2D eigenvalue weighted by Crippen LogP contribution is 2.11. The second kappa shape index (κ2) is 6.05. The fourth-order valence-electron chi connectivity index (χ4n) is 1.47. The molecule has 7 heteroatoms. The molecule has 0 aliphatic heterocycles. The molecule has 6 nitrogen and oxygen atoms in total. The third-order valence-electron chi connectivity index (χ3n) is 2.43. The molecule has 98 valence electrons. The van der Waals surface area contributed by atoms with Crippen molar-refractivity contribution in [2.24, 2.45) is 0 Å². The molecule has 0 saturated carbocycles. The summed E-state index contributed by atoms with van der Waals surface area (Å²) in [5.41, 5.74) is 2.40. The standard InChI is InChI=1S/C12H12N4O2S/c1-8(9-5-3-2-4-6-9)14-10(17)11(18)15-12-16-13-7-19-12/h2-8H,1H3,(H,14,17)(H,15,16,18). The van der Waals surface area contributed by atoms with Crippen LogP contribution in [-0.2, 0) is 9.59 Å². The van der Waals surface area contributed by atoms with Crippen molar-refractivity contribution in [3.63, 3.8) is 0 Å². The lowest BCUT2D eigenvalue weighted by atomic mass is 10.1. The minimum Gasteiger partial charge on any atom is -0.341 e. The Bertz CT molecular complexity index is 556. The Morgan fingerprint density at radius 3 is 2.58 bits per heavy atom. The molecule has 0 aliphatic carbocycles. The van der Waals surface area contributed by atoms with Crippen molar-refractivity contribution < 1.29 is 9.59 Å². The van der Waals surface area contributed by atoms with E-state index in [9.17, 15) is 9.59 Å². The van der Waals surface area contributed by atoms with Crippen molar-refractivity contribution in [3.05, 3.63) is 41.4 Å². The Morgan fingerprint density at radius 2 is 1.95 bits per heavy atom. The van der Waals surface area contributed by atoms with E-state index in [0.717, 1.165) is 16.9 Å². The maximum Gasteiger partial charge on any atom is 0.315 e. The van der Waals surface area contributed by atoms with Gasteiger partial charge in [-0.15, -0.1) is 10.2 Å². The van der Waals surface area contributed by atoms with E-state index >= 15 is 0 Å². The number of aromatic nitrogens is 2. The van der Waals surface area contributed by atoms with Crippen LogP contribution in [0.25, 0.3) is 0 Å². The van der Waals surface area contributed by atoms with Gasteiger partial charge in [0.1, 0.15) is 5.51 Å². The Morgan fingerprint density at radius 1 is 1.21 bits per heavy atom. The molecule has 0 aliphatic rings. The first-order valence-electron chi connectivity index (χ1n) is 5.60. The summed E-state index contributed by atoms with van der Waals surface area (Å²) in [7, 11) is 0. The number of amides is 2. The number of hydrogen-bond donors (Lipinski definition) is 2. The maximum absolute atomic E-state index is 11.7. The van der Waals surface area contributed by atoms with Crippen molar-refractivity contribution in [2.75, 3.05) is 5.32 Å². The maximum atomic E-state index is 11.7. The summed E-state index contributed by atoms with van der Waals surface area (Å²) in [6, 6.07) is 9.16. The summed E-state index contributed by atoms with van der Waals surface area (Å²) < 4.78 is 0. The normalized spacial score (nSPS) is 11.6. The summed E-state index contributed by atoms with van der Waals surface area (Å²) >= 11 is 1.15. The fraction of sp³-hybridized carbons (Fsp3) is 0.167. The average molecular weight is 276 g/mol. The van der Waals surface area contributed by atoms with Crippen LogP contribution in [0.2, 0.25) is 0 Å². The summed E-state index contributed by atoms with van der Waals surface area (Å²) in [4.78, 5) is 23.3. The van der Waals surface area contributed by atoms with E-state index in [1.165, 1.54) is 5.51 Å².